The van der Waals surface area contributed by atoms with E-state index in [0.717, 1.165) is 17.1 Å². The molecular formula is C25H28N4O3S. The number of thioether (sulfide) groups is 1. The predicted molar refractivity (Wildman–Crippen MR) is 130 cm³/mol. The molecule has 0 bridgehead atoms. The molecule has 1 aromatic heterocycles. The van der Waals surface area contributed by atoms with Crippen LogP contribution in [-0.2, 0) is 15.3 Å². The Morgan fingerprint density at radius 1 is 1.15 bits per heavy atom. The highest BCUT2D eigenvalue weighted by Crippen LogP contribution is 2.37. The van der Waals surface area contributed by atoms with Gasteiger partial charge in [0.15, 0.2) is 0 Å². The van der Waals surface area contributed by atoms with Gasteiger partial charge in [-0.15, -0.1) is 5.10 Å². The molecule has 8 heteroatoms. The molecule has 172 valence electrons. The number of ether oxygens (including phenoxy) is 2. The average Bonchev–Trinajstić information content (AvgIpc) is 3.20. The van der Waals surface area contributed by atoms with Crippen molar-refractivity contribution in [2.45, 2.75) is 44.6 Å². The van der Waals surface area contributed by atoms with Crippen LogP contribution in [0.3, 0.4) is 0 Å². The van der Waals surface area contributed by atoms with Crippen molar-refractivity contribution < 1.29 is 14.3 Å². The summed E-state index contributed by atoms with van der Waals surface area (Å²) in [5.74, 6) is 1.74. The third kappa shape index (κ3) is 4.75. The molecule has 1 N–H and O–H groups in total. The Bertz CT molecular complexity index is 1200. The van der Waals surface area contributed by atoms with Gasteiger partial charge in [0.05, 0.1) is 19.3 Å². The highest BCUT2D eigenvalue weighted by Gasteiger charge is 2.35. The number of carbonyl (C=O) groups is 1. The van der Waals surface area contributed by atoms with Gasteiger partial charge < -0.3 is 14.8 Å². The summed E-state index contributed by atoms with van der Waals surface area (Å²) in [7, 11) is 1.63. The van der Waals surface area contributed by atoms with Gasteiger partial charge in [0, 0.05) is 11.4 Å². The molecule has 7 nitrogen and oxygen atoms in total. The molecule has 0 saturated carbocycles. The summed E-state index contributed by atoms with van der Waals surface area (Å²) in [6.45, 7) is 8.18. The molecule has 0 amide bonds. The van der Waals surface area contributed by atoms with E-state index in [1.807, 2.05) is 31.2 Å². The Morgan fingerprint density at radius 3 is 2.58 bits per heavy atom. The number of nitrogens with zero attached hydrogens (tertiary/aromatic N) is 3. The zero-order valence-electron chi connectivity index (χ0n) is 19.5. The third-order valence-corrected chi connectivity index (χ3v) is 6.50. The van der Waals surface area contributed by atoms with Crippen LogP contribution in [0.2, 0.25) is 0 Å². The molecule has 0 fully saturated rings. The number of aryl methyl sites for hydroxylation is 2. The molecule has 0 aliphatic carbocycles. The van der Waals surface area contributed by atoms with E-state index in [-0.39, 0.29) is 5.97 Å². The minimum absolute atomic E-state index is 0.298. The molecule has 1 aliphatic rings. The van der Waals surface area contributed by atoms with Gasteiger partial charge in [0.2, 0.25) is 11.1 Å². The normalized spacial score (nSPS) is 15.1. The lowest BCUT2D eigenvalue weighted by atomic mass is 9.96. The number of hydrogen-bond acceptors (Lipinski definition) is 7. The lowest BCUT2D eigenvalue weighted by molar-refractivity contribution is -0.139. The van der Waals surface area contributed by atoms with Gasteiger partial charge in [-0.25, -0.2) is 9.48 Å². The fraction of sp³-hybridized carbons (Fsp3) is 0.320. The first kappa shape index (κ1) is 22.9. The molecule has 2 heterocycles. The molecule has 0 saturated heterocycles. The van der Waals surface area contributed by atoms with Crippen molar-refractivity contribution in [2.75, 3.05) is 19.0 Å². The van der Waals surface area contributed by atoms with E-state index < -0.39 is 6.04 Å². The summed E-state index contributed by atoms with van der Waals surface area (Å²) >= 11 is 1.57. The van der Waals surface area contributed by atoms with Crippen LogP contribution in [0.4, 0.5) is 5.95 Å². The molecule has 1 atom stereocenters. The van der Waals surface area contributed by atoms with E-state index >= 15 is 0 Å². The van der Waals surface area contributed by atoms with Crippen LogP contribution < -0.4 is 10.1 Å². The molecule has 0 unspecified atom stereocenters. The third-order valence-electron chi connectivity index (χ3n) is 5.61. The number of methoxy groups -OCH3 is 1. The largest absolute Gasteiger partial charge is 0.497 e. The molecule has 1 aliphatic heterocycles. The molecule has 0 spiro atoms. The number of nitrogens with one attached hydrogen (secondary N) is 1. The minimum Gasteiger partial charge on any atom is -0.497 e. The molecule has 4 rings (SSSR count). The lowest BCUT2D eigenvalue weighted by Gasteiger charge is -2.28. The first-order chi connectivity index (χ1) is 15.9. The molecule has 2 aromatic carbocycles. The van der Waals surface area contributed by atoms with E-state index in [2.05, 4.69) is 37.4 Å². The van der Waals surface area contributed by atoms with Crippen molar-refractivity contribution in [2.24, 2.45) is 0 Å². The smallest absolute Gasteiger partial charge is 0.338 e. The van der Waals surface area contributed by atoms with Gasteiger partial charge in [0.1, 0.15) is 11.8 Å². The van der Waals surface area contributed by atoms with E-state index in [1.54, 1.807) is 30.5 Å². The topological polar surface area (TPSA) is 78.3 Å². The maximum Gasteiger partial charge on any atom is 0.338 e. The fourth-order valence-corrected chi connectivity index (χ4v) is 4.82. The van der Waals surface area contributed by atoms with Crippen molar-refractivity contribution in [3.8, 4) is 5.75 Å². The fourth-order valence-electron chi connectivity index (χ4n) is 3.91. The first-order valence-corrected chi connectivity index (χ1v) is 11.8. The van der Waals surface area contributed by atoms with Crippen LogP contribution >= 0.6 is 11.8 Å². The van der Waals surface area contributed by atoms with Crippen molar-refractivity contribution >= 4 is 23.7 Å². The lowest BCUT2D eigenvalue weighted by Crippen LogP contribution is -2.29. The Balaban J connectivity index is 1.68. The Morgan fingerprint density at radius 2 is 1.91 bits per heavy atom. The number of esters is 1. The maximum atomic E-state index is 12.9. The highest BCUT2D eigenvalue weighted by atomic mass is 32.2. The number of fused-ring (bicyclic) bond motifs is 1. The minimum atomic E-state index is -0.450. The van der Waals surface area contributed by atoms with Crippen LogP contribution in [0.25, 0.3) is 0 Å². The van der Waals surface area contributed by atoms with Crippen molar-refractivity contribution in [1.82, 2.24) is 14.8 Å². The Hall–Kier alpha value is -3.26. The van der Waals surface area contributed by atoms with Crippen LogP contribution in [-0.4, -0.2) is 34.5 Å². The summed E-state index contributed by atoms with van der Waals surface area (Å²) in [5, 5.41) is 8.66. The van der Waals surface area contributed by atoms with E-state index in [0.29, 0.717) is 29.0 Å². The van der Waals surface area contributed by atoms with E-state index in [4.69, 9.17) is 19.6 Å². The molecular weight excluding hydrogens is 436 g/mol. The van der Waals surface area contributed by atoms with Gasteiger partial charge >= 0.3 is 5.97 Å². The second-order valence-corrected chi connectivity index (χ2v) is 8.88. The van der Waals surface area contributed by atoms with Gasteiger partial charge in [-0.2, -0.15) is 4.98 Å². The first-order valence-electron chi connectivity index (χ1n) is 10.9. The number of allylic oxidation sites excluding steroid dienone is 1. The van der Waals surface area contributed by atoms with Crippen molar-refractivity contribution in [3.05, 3.63) is 76.0 Å². The summed E-state index contributed by atoms with van der Waals surface area (Å²) in [4.78, 5) is 17.6. The summed E-state index contributed by atoms with van der Waals surface area (Å²) in [6.07, 6.45) is 0. The Kier molecular flexibility index (Phi) is 6.74. The number of aromatic nitrogens is 3. The Labute approximate surface area is 198 Å². The number of carbonyl (C=O) groups excluding carboxylic acids is 1. The van der Waals surface area contributed by atoms with Crippen LogP contribution in [0, 0.1) is 13.8 Å². The van der Waals surface area contributed by atoms with Gasteiger partial charge in [0.25, 0.3) is 0 Å². The van der Waals surface area contributed by atoms with E-state index in [9.17, 15) is 4.79 Å². The molecule has 3 aromatic rings. The summed E-state index contributed by atoms with van der Waals surface area (Å²) < 4.78 is 12.4. The van der Waals surface area contributed by atoms with Crippen LogP contribution in [0.1, 0.15) is 42.1 Å². The standard InChI is InChI=1S/C25H28N4O3S/c1-6-32-23(30)21-17(4)26-24-27-25(33-14-19-8-7-15(2)13-16(19)3)28-29(24)22(21)18-9-11-20(31-5)12-10-18/h7-13,22H,6,14H2,1-5H3,(H,26,27,28)/t22-/m0/s1. The molecule has 0 radical (unpaired) electrons. The SMILES string of the molecule is CCOC(=O)C1=C(C)Nc2nc(SCc3ccc(C)cc3C)nn2[C@H]1c1ccc(OC)cc1. The number of anilines is 1. The highest BCUT2D eigenvalue weighted by molar-refractivity contribution is 7.98. The van der Waals surface area contributed by atoms with Gasteiger partial charge in [-0.3, -0.25) is 0 Å². The summed E-state index contributed by atoms with van der Waals surface area (Å²) in [6, 6.07) is 13.6. The number of hydrogen-bond donors (Lipinski definition) is 1. The van der Waals surface area contributed by atoms with Gasteiger partial charge in [-0.1, -0.05) is 47.7 Å². The second kappa shape index (κ2) is 9.70. The average molecular weight is 465 g/mol. The van der Waals surface area contributed by atoms with E-state index in [1.165, 1.54) is 16.7 Å². The number of benzene rings is 2. The number of rotatable bonds is 7. The van der Waals surface area contributed by atoms with Crippen molar-refractivity contribution in [1.29, 1.82) is 0 Å². The zero-order valence-corrected chi connectivity index (χ0v) is 20.3. The second-order valence-electron chi connectivity index (χ2n) is 7.94. The van der Waals surface area contributed by atoms with Crippen molar-refractivity contribution in [3.63, 3.8) is 0 Å². The summed E-state index contributed by atoms with van der Waals surface area (Å²) in [5.41, 5.74) is 5.88. The molecule has 33 heavy (non-hydrogen) atoms. The monoisotopic (exact) mass is 464 g/mol. The van der Waals surface area contributed by atoms with Crippen LogP contribution in [0.15, 0.2) is 58.9 Å². The zero-order chi connectivity index (χ0) is 23.5. The predicted octanol–water partition coefficient (Wildman–Crippen LogP) is 5.05. The van der Waals surface area contributed by atoms with Crippen LogP contribution in [0.5, 0.6) is 5.75 Å². The maximum absolute atomic E-state index is 12.9. The van der Waals surface area contributed by atoms with Gasteiger partial charge in [-0.05, 0) is 56.5 Å². The quantitative estimate of drug-likeness (QED) is 0.387.